The SMILES string of the molecule is CCOc1c(/C=c2/sc3n(c2=O)[C@@H](c2cc(OC)ccc2OC)C(C(=O)N(CC)CC)=C(C)N=3)cccc1OC. The number of ether oxygens (including phenoxy) is 4. The lowest BCUT2D eigenvalue weighted by Crippen LogP contribution is -2.43. The molecule has 40 heavy (non-hydrogen) atoms. The summed E-state index contributed by atoms with van der Waals surface area (Å²) in [5.41, 5.74) is 2.04. The molecule has 9 nitrogen and oxygen atoms in total. The molecule has 1 aliphatic heterocycles. The molecule has 1 atom stereocenters. The van der Waals surface area contributed by atoms with Crippen molar-refractivity contribution >= 4 is 23.3 Å². The van der Waals surface area contributed by atoms with E-state index in [1.165, 1.54) is 11.3 Å². The summed E-state index contributed by atoms with van der Waals surface area (Å²) in [6, 6.07) is 10.1. The van der Waals surface area contributed by atoms with Crippen LogP contribution in [0.15, 0.2) is 57.5 Å². The summed E-state index contributed by atoms with van der Waals surface area (Å²) in [6.45, 7) is 9.04. The fourth-order valence-corrected chi connectivity index (χ4v) is 5.91. The summed E-state index contributed by atoms with van der Waals surface area (Å²) in [4.78, 5) is 35.0. The van der Waals surface area contributed by atoms with Crippen LogP contribution < -0.4 is 33.8 Å². The van der Waals surface area contributed by atoms with Crippen LogP contribution in [0.3, 0.4) is 0 Å². The molecule has 4 rings (SSSR count). The standard InChI is InChI=1S/C30H35N3O6S/c1-8-32(9-2)29(35)25-18(4)31-30-33(26(25)21-17-20(36-5)14-15-22(21)37-6)28(34)24(40-30)16-19-12-11-13-23(38-7)27(19)39-10-3/h11-17,26H,8-10H2,1-7H3/b24-16+/t26-/m0/s1. The number of nitrogens with zero attached hydrogens (tertiary/aromatic N) is 3. The van der Waals surface area contributed by atoms with E-state index in [9.17, 15) is 9.59 Å². The van der Waals surface area contributed by atoms with Gasteiger partial charge in [0.1, 0.15) is 17.5 Å². The fourth-order valence-electron chi connectivity index (χ4n) is 4.87. The molecule has 2 heterocycles. The molecule has 1 aromatic heterocycles. The molecule has 0 unspecified atom stereocenters. The predicted molar refractivity (Wildman–Crippen MR) is 155 cm³/mol. The van der Waals surface area contributed by atoms with Gasteiger partial charge >= 0.3 is 0 Å². The van der Waals surface area contributed by atoms with Gasteiger partial charge in [0, 0.05) is 24.2 Å². The first-order valence-electron chi connectivity index (χ1n) is 13.2. The summed E-state index contributed by atoms with van der Waals surface area (Å²) in [7, 11) is 4.72. The van der Waals surface area contributed by atoms with Gasteiger partial charge in [0.15, 0.2) is 16.3 Å². The van der Waals surface area contributed by atoms with Crippen LogP contribution in [0.4, 0.5) is 0 Å². The first kappa shape index (κ1) is 28.9. The minimum atomic E-state index is -0.770. The van der Waals surface area contributed by atoms with Gasteiger partial charge < -0.3 is 23.8 Å². The molecule has 0 fully saturated rings. The van der Waals surface area contributed by atoms with Gasteiger partial charge in [0.05, 0.1) is 43.7 Å². The number of methoxy groups -OCH3 is 3. The Kier molecular flexibility index (Phi) is 8.99. The summed E-state index contributed by atoms with van der Waals surface area (Å²) < 4.78 is 24.6. The molecule has 0 bridgehead atoms. The van der Waals surface area contributed by atoms with Crippen LogP contribution in [0, 0.1) is 0 Å². The van der Waals surface area contributed by atoms with Crippen molar-refractivity contribution in [3.63, 3.8) is 0 Å². The molecule has 3 aromatic rings. The Morgan fingerprint density at radius 3 is 2.40 bits per heavy atom. The molecule has 212 valence electrons. The number of allylic oxidation sites excluding steroid dienone is 1. The maximum atomic E-state index is 14.2. The molecule has 1 amide bonds. The van der Waals surface area contributed by atoms with Crippen molar-refractivity contribution in [3.8, 4) is 23.0 Å². The van der Waals surface area contributed by atoms with E-state index >= 15 is 0 Å². The van der Waals surface area contributed by atoms with Gasteiger partial charge in [-0.2, -0.15) is 0 Å². The molecule has 0 saturated carbocycles. The average molecular weight is 566 g/mol. The van der Waals surface area contributed by atoms with Crippen LogP contribution in [-0.2, 0) is 4.79 Å². The quantitative estimate of drug-likeness (QED) is 0.374. The van der Waals surface area contributed by atoms with E-state index in [4.69, 9.17) is 23.9 Å². The van der Waals surface area contributed by atoms with Gasteiger partial charge in [0.25, 0.3) is 11.5 Å². The number of fused-ring (bicyclic) bond motifs is 1. The molecule has 10 heteroatoms. The van der Waals surface area contributed by atoms with E-state index in [-0.39, 0.29) is 11.5 Å². The van der Waals surface area contributed by atoms with Crippen molar-refractivity contribution in [2.45, 2.75) is 33.7 Å². The Bertz CT molecular complexity index is 1620. The number of hydrogen-bond acceptors (Lipinski definition) is 8. The summed E-state index contributed by atoms with van der Waals surface area (Å²) >= 11 is 1.26. The Morgan fingerprint density at radius 2 is 1.77 bits per heavy atom. The number of benzene rings is 2. The van der Waals surface area contributed by atoms with Crippen LogP contribution in [0.5, 0.6) is 23.0 Å². The van der Waals surface area contributed by atoms with Crippen molar-refractivity contribution < 1.29 is 23.7 Å². The molecular formula is C30H35N3O6S. The van der Waals surface area contributed by atoms with Gasteiger partial charge in [-0.3, -0.25) is 14.2 Å². The van der Waals surface area contributed by atoms with E-state index in [0.29, 0.717) is 74.4 Å². The molecular weight excluding hydrogens is 530 g/mol. The topological polar surface area (TPSA) is 91.6 Å². The summed E-state index contributed by atoms with van der Waals surface area (Å²) in [5, 5.41) is 0. The zero-order valence-electron chi connectivity index (χ0n) is 23.9. The maximum Gasteiger partial charge on any atom is 0.271 e. The largest absolute Gasteiger partial charge is 0.497 e. The first-order valence-corrected chi connectivity index (χ1v) is 14.0. The second kappa shape index (κ2) is 12.4. The summed E-state index contributed by atoms with van der Waals surface area (Å²) in [5.74, 6) is 2.07. The van der Waals surface area contributed by atoms with Gasteiger partial charge in [-0.25, -0.2) is 4.99 Å². The van der Waals surface area contributed by atoms with Gasteiger partial charge in [0.2, 0.25) is 0 Å². The zero-order valence-corrected chi connectivity index (χ0v) is 24.8. The minimum Gasteiger partial charge on any atom is -0.497 e. The number of carbonyl (C=O) groups excluding carboxylic acids is 1. The number of para-hydroxylation sites is 1. The lowest BCUT2D eigenvalue weighted by molar-refractivity contribution is -0.127. The Hall–Kier alpha value is -4.05. The zero-order chi connectivity index (χ0) is 29.0. The van der Waals surface area contributed by atoms with E-state index in [1.807, 2.05) is 52.0 Å². The van der Waals surface area contributed by atoms with Crippen LogP contribution in [0.1, 0.15) is 44.9 Å². The number of thiazole rings is 1. The number of hydrogen-bond donors (Lipinski definition) is 0. The molecule has 0 spiro atoms. The monoisotopic (exact) mass is 565 g/mol. The number of rotatable bonds is 10. The molecule has 2 aromatic carbocycles. The highest BCUT2D eigenvalue weighted by Crippen LogP contribution is 2.38. The normalized spacial score (nSPS) is 14.9. The van der Waals surface area contributed by atoms with Crippen molar-refractivity contribution in [1.82, 2.24) is 9.47 Å². The third kappa shape index (κ3) is 5.23. The van der Waals surface area contributed by atoms with Gasteiger partial charge in [-0.1, -0.05) is 23.5 Å². The van der Waals surface area contributed by atoms with Crippen molar-refractivity contribution in [3.05, 3.63) is 78.5 Å². The molecule has 0 N–H and O–H groups in total. The third-order valence-corrected chi connectivity index (χ3v) is 7.82. The molecule has 1 aliphatic rings. The number of likely N-dealkylation sites (N-methyl/N-ethyl adjacent to an activating group) is 1. The second-order valence-electron chi connectivity index (χ2n) is 8.98. The lowest BCUT2D eigenvalue weighted by atomic mass is 9.93. The highest BCUT2D eigenvalue weighted by molar-refractivity contribution is 7.07. The van der Waals surface area contributed by atoms with E-state index in [0.717, 1.165) is 0 Å². The second-order valence-corrected chi connectivity index (χ2v) is 9.99. The van der Waals surface area contributed by atoms with E-state index in [1.54, 1.807) is 49.0 Å². The van der Waals surface area contributed by atoms with Crippen molar-refractivity contribution in [1.29, 1.82) is 0 Å². The maximum absolute atomic E-state index is 14.2. The highest BCUT2D eigenvalue weighted by atomic mass is 32.1. The Morgan fingerprint density at radius 1 is 1.05 bits per heavy atom. The van der Waals surface area contributed by atoms with E-state index in [2.05, 4.69) is 0 Å². The summed E-state index contributed by atoms with van der Waals surface area (Å²) in [6.07, 6.45) is 1.78. The van der Waals surface area contributed by atoms with Crippen molar-refractivity contribution in [2.75, 3.05) is 41.0 Å². The number of aromatic nitrogens is 1. The number of carbonyl (C=O) groups is 1. The van der Waals surface area contributed by atoms with Gasteiger partial charge in [-0.15, -0.1) is 0 Å². The third-order valence-electron chi connectivity index (χ3n) is 6.84. The molecule has 0 saturated heterocycles. The molecule has 0 radical (unpaired) electrons. The van der Waals surface area contributed by atoms with Gasteiger partial charge in [-0.05, 0) is 58.0 Å². The lowest BCUT2D eigenvalue weighted by Gasteiger charge is -2.30. The minimum absolute atomic E-state index is 0.179. The average Bonchev–Trinajstić information content (AvgIpc) is 3.27. The fraction of sp³-hybridized carbons (Fsp3) is 0.367. The highest BCUT2D eigenvalue weighted by Gasteiger charge is 2.36. The Labute approximate surface area is 237 Å². The van der Waals surface area contributed by atoms with E-state index < -0.39 is 6.04 Å². The van der Waals surface area contributed by atoms with Crippen LogP contribution in [0.2, 0.25) is 0 Å². The smallest absolute Gasteiger partial charge is 0.271 e. The Balaban J connectivity index is 2.03. The van der Waals surface area contributed by atoms with Crippen LogP contribution >= 0.6 is 11.3 Å². The van der Waals surface area contributed by atoms with Crippen LogP contribution in [-0.4, -0.2) is 56.4 Å². The van der Waals surface area contributed by atoms with Crippen molar-refractivity contribution in [2.24, 2.45) is 4.99 Å². The first-order chi connectivity index (χ1) is 19.3. The molecule has 0 aliphatic carbocycles. The predicted octanol–water partition coefficient (Wildman–Crippen LogP) is 3.53. The van der Waals surface area contributed by atoms with Crippen LogP contribution in [0.25, 0.3) is 6.08 Å². The number of amides is 1.